The molecular formula is C11H25NO. The van der Waals surface area contributed by atoms with Crippen molar-refractivity contribution in [1.82, 2.24) is 4.90 Å². The lowest BCUT2D eigenvalue weighted by atomic mass is 10.1. The van der Waals surface area contributed by atoms with Gasteiger partial charge in [0.15, 0.2) is 0 Å². The molecule has 0 radical (unpaired) electrons. The Labute approximate surface area is 83.3 Å². The fourth-order valence-corrected chi connectivity index (χ4v) is 1.34. The lowest BCUT2D eigenvalue weighted by molar-refractivity contribution is 0.160. The number of methoxy groups -OCH3 is 1. The van der Waals surface area contributed by atoms with Gasteiger partial charge in [0.2, 0.25) is 0 Å². The van der Waals surface area contributed by atoms with Crippen molar-refractivity contribution in [3.8, 4) is 0 Å². The second-order valence-corrected chi connectivity index (χ2v) is 3.71. The zero-order chi connectivity index (χ0) is 9.94. The molecule has 0 unspecified atom stereocenters. The molecule has 0 aliphatic heterocycles. The maximum absolute atomic E-state index is 5.02. The third-order valence-electron chi connectivity index (χ3n) is 2.32. The molecule has 2 heteroatoms. The molecule has 0 aromatic rings. The second-order valence-electron chi connectivity index (χ2n) is 3.71. The van der Waals surface area contributed by atoms with Gasteiger partial charge in [0.05, 0.1) is 6.61 Å². The Morgan fingerprint density at radius 2 is 1.69 bits per heavy atom. The summed E-state index contributed by atoms with van der Waals surface area (Å²) < 4.78 is 5.02. The Morgan fingerprint density at radius 1 is 1.00 bits per heavy atom. The fourth-order valence-electron chi connectivity index (χ4n) is 1.34. The monoisotopic (exact) mass is 187 g/mol. The summed E-state index contributed by atoms with van der Waals surface area (Å²) in [5.74, 6) is 0. The summed E-state index contributed by atoms with van der Waals surface area (Å²) in [6.45, 7) is 5.38. The maximum atomic E-state index is 5.02. The van der Waals surface area contributed by atoms with Gasteiger partial charge in [0, 0.05) is 13.7 Å². The van der Waals surface area contributed by atoms with Crippen LogP contribution < -0.4 is 0 Å². The van der Waals surface area contributed by atoms with Gasteiger partial charge in [-0.1, -0.05) is 32.6 Å². The predicted octanol–water partition coefficient (Wildman–Crippen LogP) is 2.54. The molecule has 0 saturated carbocycles. The Morgan fingerprint density at radius 3 is 2.31 bits per heavy atom. The lowest BCUT2D eigenvalue weighted by Gasteiger charge is -2.15. The van der Waals surface area contributed by atoms with Gasteiger partial charge < -0.3 is 9.64 Å². The van der Waals surface area contributed by atoms with E-state index in [-0.39, 0.29) is 0 Å². The van der Waals surface area contributed by atoms with Gasteiger partial charge in [-0.15, -0.1) is 0 Å². The normalized spacial score (nSPS) is 11.1. The molecule has 0 amide bonds. The lowest BCUT2D eigenvalue weighted by Crippen LogP contribution is -2.23. The van der Waals surface area contributed by atoms with Crippen LogP contribution in [0, 0.1) is 0 Å². The first kappa shape index (κ1) is 12.9. The molecule has 0 aliphatic carbocycles. The maximum Gasteiger partial charge on any atom is 0.0589 e. The van der Waals surface area contributed by atoms with Crippen molar-refractivity contribution in [3.05, 3.63) is 0 Å². The van der Waals surface area contributed by atoms with Gasteiger partial charge in [0.25, 0.3) is 0 Å². The Bertz CT molecular complexity index is 96.1. The molecule has 0 bridgehead atoms. The van der Waals surface area contributed by atoms with Gasteiger partial charge >= 0.3 is 0 Å². The van der Waals surface area contributed by atoms with E-state index in [1.807, 2.05) is 0 Å². The summed E-state index contributed by atoms with van der Waals surface area (Å²) in [7, 11) is 3.92. The van der Waals surface area contributed by atoms with E-state index in [0.717, 1.165) is 13.2 Å². The summed E-state index contributed by atoms with van der Waals surface area (Å²) in [5.41, 5.74) is 0. The smallest absolute Gasteiger partial charge is 0.0589 e. The van der Waals surface area contributed by atoms with Crippen molar-refractivity contribution in [1.29, 1.82) is 0 Å². The molecule has 2 nitrogen and oxygen atoms in total. The number of nitrogens with zero attached hydrogens (tertiary/aromatic N) is 1. The molecule has 0 saturated heterocycles. The summed E-state index contributed by atoms with van der Waals surface area (Å²) in [6, 6.07) is 0. The average molecular weight is 187 g/mol. The van der Waals surface area contributed by atoms with E-state index in [0.29, 0.717) is 0 Å². The van der Waals surface area contributed by atoms with E-state index < -0.39 is 0 Å². The quantitative estimate of drug-likeness (QED) is 0.514. The number of ether oxygens (including phenoxy) is 1. The number of rotatable bonds is 9. The Balaban J connectivity index is 3.03. The minimum absolute atomic E-state index is 0.853. The molecule has 0 heterocycles. The number of hydrogen-bond acceptors (Lipinski definition) is 2. The minimum atomic E-state index is 0.853. The van der Waals surface area contributed by atoms with Crippen LogP contribution in [0.4, 0.5) is 0 Å². The molecule has 0 aliphatic rings. The molecule has 0 aromatic carbocycles. The highest BCUT2D eigenvalue weighted by molar-refractivity contribution is 4.51. The zero-order valence-corrected chi connectivity index (χ0v) is 9.51. The topological polar surface area (TPSA) is 12.5 Å². The molecular weight excluding hydrogens is 162 g/mol. The van der Waals surface area contributed by atoms with Crippen molar-refractivity contribution in [2.24, 2.45) is 0 Å². The number of likely N-dealkylation sites (N-methyl/N-ethyl adjacent to an activating group) is 1. The van der Waals surface area contributed by atoms with Crippen LogP contribution in [0.25, 0.3) is 0 Å². The van der Waals surface area contributed by atoms with Crippen LogP contribution >= 0.6 is 0 Å². The van der Waals surface area contributed by atoms with Crippen molar-refractivity contribution < 1.29 is 4.74 Å². The zero-order valence-electron chi connectivity index (χ0n) is 9.51. The van der Waals surface area contributed by atoms with Crippen LogP contribution in [0.3, 0.4) is 0 Å². The van der Waals surface area contributed by atoms with Gasteiger partial charge in [-0.05, 0) is 20.0 Å². The standard InChI is InChI=1S/C11H25NO/c1-4-5-6-7-8-9-12(2)10-11-13-3/h4-11H2,1-3H3. The van der Waals surface area contributed by atoms with E-state index in [1.165, 1.54) is 38.6 Å². The van der Waals surface area contributed by atoms with E-state index in [1.54, 1.807) is 7.11 Å². The molecule has 0 atom stereocenters. The molecule has 0 N–H and O–H groups in total. The SMILES string of the molecule is CCCCCCCN(C)CCOC. The van der Waals surface area contributed by atoms with E-state index >= 15 is 0 Å². The highest BCUT2D eigenvalue weighted by Gasteiger charge is 1.96. The Hall–Kier alpha value is -0.0800. The van der Waals surface area contributed by atoms with E-state index in [4.69, 9.17) is 4.74 Å². The average Bonchev–Trinajstić information content (AvgIpc) is 2.14. The largest absolute Gasteiger partial charge is 0.383 e. The summed E-state index contributed by atoms with van der Waals surface area (Å²) in [5, 5.41) is 0. The highest BCUT2D eigenvalue weighted by atomic mass is 16.5. The van der Waals surface area contributed by atoms with Gasteiger partial charge in [0.1, 0.15) is 0 Å². The first-order chi connectivity index (χ1) is 6.31. The molecule has 0 aromatic heterocycles. The Kier molecular flexibility index (Phi) is 9.94. The highest BCUT2D eigenvalue weighted by Crippen LogP contribution is 2.02. The van der Waals surface area contributed by atoms with Gasteiger partial charge in [-0.25, -0.2) is 0 Å². The van der Waals surface area contributed by atoms with Crippen LogP contribution in [-0.4, -0.2) is 38.8 Å². The first-order valence-corrected chi connectivity index (χ1v) is 5.48. The van der Waals surface area contributed by atoms with E-state index in [9.17, 15) is 0 Å². The van der Waals surface area contributed by atoms with Crippen LogP contribution in [0.5, 0.6) is 0 Å². The first-order valence-electron chi connectivity index (χ1n) is 5.48. The third-order valence-corrected chi connectivity index (χ3v) is 2.32. The molecule has 0 fully saturated rings. The molecule has 0 rings (SSSR count). The summed E-state index contributed by atoms with van der Waals surface area (Å²) in [4.78, 5) is 2.34. The minimum Gasteiger partial charge on any atom is -0.383 e. The molecule has 13 heavy (non-hydrogen) atoms. The van der Waals surface area contributed by atoms with Crippen LogP contribution in [-0.2, 0) is 4.74 Å². The van der Waals surface area contributed by atoms with Crippen molar-refractivity contribution in [2.75, 3.05) is 33.9 Å². The van der Waals surface area contributed by atoms with Crippen molar-refractivity contribution in [3.63, 3.8) is 0 Å². The third kappa shape index (κ3) is 9.84. The summed E-state index contributed by atoms with van der Waals surface area (Å²) >= 11 is 0. The summed E-state index contributed by atoms with van der Waals surface area (Å²) in [6.07, 6.45) is 6.83. The van der Waals surface area contributed by atoms with Crippen LogP contribution in [0.2, 0.25) is 0 Å². The van der Waals surface area contributed by atoms with Crippen molar-refractivity contribution >= 4 is 0 Å². The van der Waals surface area contributed by atoms with Gasteiger partial charge in [-0.3, -0.25) is 0 Å². The second kappa shape index (κ2) is 10.0. The van der Waals surface area contributed by atoms with Crippen LogP contribution in [0.15, 0.2) is 0 Å². The number of unbranched alkanes of at least 4 members (excludes halogenated alkanes) is 4. The molecule has 0 spiro atoms. The van der Waals surface area contributed by atoms with Crippen LogP contribution in [0.1, 0.15) is 39.0 Å². The predicted molar refractivity (Wildman–Crippen MR) is 58.1 cm³/mol. The number of hydrogen-bond donors (Lipinski definition) is 0. The fraction of sp³-hybridized carbons (Fsp3) is 1.00. The molecule has 80 valence electrons. The van der Waals surface area contributed by atoms with Crippen molar-refractivity contribution in [2.45, 2.75) is 39.0 Å². The van der Waals surface area contributed by atoms with Gasteiger partial charge in [-0.2, -0.15) is 0 Å². The van der Waals surface area contributed by atoms with E-state index in [2.05, 4.69) is 18.9 Å².